The van der Waals surface area contributed by atoms with E-state index in [0.717, 1.165) is 0 Å². The fraction of sp³-hybridized carbons (Fsp3) is 0. The fourth-order valence-electron chi connectivity index (χ4n) is 1.02. The van der Waals surface area contributed by atoms with Gasteiger partial charge in [0.05, 0.1) is 18.0 Å². The zero-order valence-corrected chi connectivity index (χ0v) is 7.18. The highest BCUT2D eigenvalue weighted by Crippen LogP contribution is 2.09. The van der Waals surface area contributed by atoms with Crippen molar-refractivity contribution in [2.75, 3.05) is 0 Å². The predicted octanol–water partition coefficient (Wildman–Crippen LogP) is 1.19. The summed E-state index contributed by atoms with van der Waals surface area (Å²) >= 11 is 5.69. The van der Waals surface area contributed by atoms with Gasteiger partial charge in [0.25, 0.3) is 0 Å². The average molecular weight is 197 g/mol. The lowest BCUT2D eigenvalue weighted by Crippen LogP contribution is -1.90. The predicted molar refractivity (Wildman–Crippen MR) is 47.4 cm³/mol. The molecule has 0 bridgehead atoms. The van der Waals surface area contributed by atoms with Crippen molar-refractivity contribution < 1.29 is 5.21 Å². The summed E-state index contributed by atoms with van der Waals surface area (Å²) in [6.45, 7) is 0. The first-order chi connectivity index (χ1) is 6.31. The van der Waals surface area contributed by atoms with E-state index in [1.165, 1.54) is 6.21 Å². The van der Waals surface area contributed by atoms with Gasteiger partial charge in [-0.1, -0.05) is 16.8 Å². The Labute approximate surface area is 78.3 Å². The van der Waals surface area contributed by atoms with Gasteiger partial charge in [-0.3, -0.25) is 0 Å². The first-order valence-electron chi connectivity index (χ1n) is 3.48. The summed E-state index contributed by atoms with van der Waals surface area (Å²) < 4.78 is 1.54. The number of oxime groups is 1. The molecule has 0 unspecified atom stereocenters. The van der Waals surface area contributed by atoms with Crippen LogP contribution in [0.1, 0.15) is 5.56 Å². The molecule has 0 fully saturated rings. The maximum Gasteiger partial charge on any atom is 0.165 e. The van der Waals surface area contributed by atoms with Crippen molar-refractivity contribution in [1.29, 1.82) is 0 Å². The van der Waals surface area contributed by atoms with Crippen LogP contribution in [0.25, 0.3) is 5.65 Å². The third-order valence-electron chi connectivity index (χ3n) is 1.56. The number of halogens is 1. The van der Waals surface area contributed by atoms with Gasteiger partial charge in [0.1, 0.15) is 5.15 Å². The summed E-state index contributed by atoms with van der Waals surface area (Å²) in [7, 11) is 0. The molecular weight excluding hydrogens is 192 g/mol. The SMILES string of the molecule is O/N=C\c1cnn2ccc(Cl)nc12. The zero-order chi connectivity index (χ0) is 9.26. The summed E-state index contributed by atoms with van der Waals surface area (Å²) in [4.78, 5) is 4.02. The molecule has 2 rings (SSSR count). The van der Waals surface area contributed by atoms with E-state index in [9.17, 15) is 0 Å². The van der Waals surface area contributed by atoms with Crippen LogP contribution in [-0.2, 0) is 0 Å². The molecule has 0 saturated carbocycles. The standard InChI is InChI=1S/C7H5ClN4O/c8-6-1-2-12-7(11-6)5(3-9-12)4-10-13/h1-4,13H/b10-4-. The minimum atomic E-state index is 0.376. The average Bonchev–Trinajstić information content (AvgIpc) is 2.49. The van der Waals surface area contributed by atoms with E-state index < -0.39 is 0 Å². The normalized spacial score (nSPS) is 11.5. The summed E-state index contributed by atoms with van der Waals surface area (Å²) in [5, 5.41) is 15.6. The largest absolute Gasteiger partial charge is 0.411 e. The van der Waals surface area contributed by atoms with E-state index in [1.807, 2.05) is 0 Å². The van der Waals surface area contributed by atoms with Crippen LogP contribution in [0.5, 0.6) is 0 Å². The molecule has 0 aliphatic carbocycles. The Hall–Kier alpha value is -1.62. The third-order valence-corrected chi connectivity index (χ3v) is 1.77. The minimum absolute atomic E-state index is 0.376. The molecule has 0 radical (unpaired) electrons. The first-order valence-corrected chi connectivity index (χ1v) is 3.86. The highest BCUT2D eigenvalue weighted by atomic mass is 35.5. The number of hydrogen-bond donors (Lipinski definition) is 1. The highest BCUT2D eigenvalue weighted by Gasteiger charge is 2.03. The van der Waals surface area contributed by atoms with Gasteiger partial charge in [0.15, 0.2) is 5.65 Å². The molecule has 0 aromatic carbocycles. The second-order valence-corrected chi connectivity index (χ2v) is 2.75. The molecule has 2 aromatic heterocycles. The maximum atomic E-state index is 8.34. The quantitative estimate of drug-likeness (QED) is 0.323. The van der Waals surface area contributed by atoms with Gasteiger partial charge in [-0.2, -0.15) is 5.10 Å². The van der Waals surface area contributed by atoms with Gasteiger partial charge in [-0.05, 0) is 6.07 Å². The molecule has 13 heavy (non-hydrogen) atoms. The molecule has 66 valence electrons. The highest BCUT2D eigenvalue weighted by molar-refractivity contribution is 6.29. The van der Waals surface area contributed by atoms with Crippen LogP contribution in [0.3, 0.4) is 0 Å². The maximum absolute atomic E-state index is 8.34. The molecule has 2 aromatic rings. The van der Waals surface area contributed by atoms with Crippen molar-refractivity contribution >= 4 is 23.5 Å². The lowest BCUT2D eigenvalue weighted by molar-refractivity contribution is 0.322. The van der Waals surface area contributed by atoms with Gasteiger partial charge in [-0.15, -0.1) is 0 Å². The molecule has 0 spiro atoms. The van der Waals surface area contributed by atoms with Crippen molar-refractivity contribution in [2.24, 2.45) is 5.16 Å². The van der Waals surface area contributed by atoms with Gasteiger partial charge in [-0.25, -0.2) is 9.50 Å². The molecule has 0 aliphatic heterocycles. The Balaban J connectivity index is 2.71. The Kier molecular flexibility index (Phi) is 1.86. The zero-order valence-electron chi connectivity index (χ0n) is 6.42. The molecule has 0 atom stereocenters. The van der Waals surface area contributed by atoms with Crippen LogP contribution >= 0.6 is 11.6 Å². The second kappa shape index (κ2) is 3.02. The molecule has 0 saturated heterocycles. The van der Waals surface area contributed by atoms with Gasteiger partial charge >= 0.3 is 0 Å². The van der Waals surface area contributed by atoms with Crippen LogP contribution in [0, 0.1) is 0 Å². The smallest absolute Gasteiger partial charge is 0.165 e. The Bertz CT molecular complexity index is 464. The van der Waals surface area contributed by atoms with Crippen molar-refractivity contribution in [1.82, 2.24) is 14.6 Å². The Morgan fingerprint density at radius 2 is 2.46 bits per heavy atom. The third kappa shape index (κ3) is 1.33. The summed E-state index contributed by atoms with van der Waals surface area (Å²) in [6, 6.07) is 1.63. The van der Waals surface area contributed by atoms with Crippen LogP contribution in [0.15, 0.2) is 23.6 Å². The summed E-state index contributed by atoms with van der Waals surface area (Å²) in [5.74, 6) is 0. The second-order valence-electron chi connectivity index (χ2n) is 2.36. The monoisotopic (exact) mass is 196 g/mol. The van der Waals surface area contributed by atoms with E-state index in [1.54, 1.807) is 23.0 Å². The number of hydrogen-bond acceptors (Lipinski definition) is 4. The summed E-state index contributed by atoms with van der Waals surface area (Å²) in [5.41, 5.74) is 1.18. The van der Waals surface area contributed by atoms with E-state index >= 15 is 0 Å². The number of fused-ring (bicyclic) bond motifs is 1. The molecule has 2 heterocycles. The molecule has 0 aliphatic rings. The van der Waals surface area contributed by atoms with Gasteiger partial charge in [0.2, 0.25) is 0 Å². The minimum Gasteiger partial charge on any atom is -0.411 e. The van der Waals surface area contributed by atoms with Crippen LogP contribution in [0.2, 0.25) is 5.15 Å². The lowest BCUT2D eigenvalue weighted by Gasteiger charge is -1.92. The van der Waals surface area contributed by atoms with Crippen LogP contribution in [0.4, 0.5) is 0 Å². The Morgan fingerprint density at radius 3 is 3.23 bits per heavy atom. The van der Waals surface area contributed by atoms with Crippen LogP contribution < -0.4 is 0 Å². The molecular formula is C7H5ClN4O. The number of aromatic nitrogens is 3. The summed E-state index contributed by atoms with van der Waals surface area (Å²) in [6.07, 6.45) is 4.48. The van der Waals surface area contributed by atoms with E-state index in [4.69, 9.17) is 16.8 Å². The van der Waals surface area contributed by atoms with Crippen molar-refractivity contribution in [3.8, 4) is 0 Å². The topological polar surface area (TPSA) is 62.8 Å². The van der Waals surface area contributed by atoms with Crippen LogP contribution in [-0.4, -0.2) is 26.0 Å². The van der Waals surface area contributed by atoms with Crippen molar-refractivity contribution in [2.45, 2.75) is 0 Å². The Morgan fingerprint density at radius 1 is 1.62 bits per heavy atom. The molecule has 1 N–H and O–H groups in total. The van der Waals surface area contributed by atoms with E-state index in [-0.39, 0.29) is 0 Å². The fourth-order valence-corrected chi connectivity index (χ4v) is 1.15. The van der Waals surface area contributed by atoms with Gasteiger partial charge < -0.3 is 5.21 Å². The molecule has 6 heteroatoms. The van der Waals surface area contributed by atoms with Crippen molar-refractivity contribution in [3.63, 3.8) is 0 Å². The first kappa shape index (κ1) is 8.00. The van der Waals surface area contributed by atoms with E-state index in [2.05, 4.69) is 15.2 Å². The number of nitrogens with zero attached hydrogens (tertiary/aromatic N) is 4. The van der Waals surface area contributed by atoms with Gasteiger partial charge in [0, 0.05) is 6.20 Å². The van der Waals surface area contributed by atoms with Crippen molar-refractivity contribution in [3.05, 3.63) is 29.2 Å². The molecule has 0 amide bonds. The number of rotatable bonds is 1. The van der Waals surface area contributed by atoms with E-state index in [0.29, 0.717) is 16.4 Å². The lowest BCUT2D eigenvalue weighted by atomic mass is 10.4. The molecule has 5 nitrogen and oxygen atoms in total.